The van der Waals surface area contributed by atoms with E-state index in [1.54, 1.807) is 0 Å². The van der Waals surface area contributed by atoms with E-state index in [0.29, 0.717) is 0 Å². The smallest absolute Gasteiger partial charge is 0.384 e. The molecule has 4 atom stereocenters. The van der Waals surface area contributed by atoms with Crippen molar-refractivity contribution in [2.45, 2.75) is 50.2 Å². The van der Waals surface area contributed by atoms with Crippen molar-refractivity contribution >= 4 is 24.8 Å². The van der Waals surface area contributed by atoms with E-state index in [9.17, 15) is 14.8 Å². The minimum absolute atomic E-state index is 0.124. The average molecular weight is 403 g/mol. The number of hydrogen-bond donors (Lipinski definition) is 5. The normalized spacial score (nSPS) is 37.2. The maximum absolute atomic E-state index is 11.3. The highest BCUT2D eigenvalue weighted by Crippen LogP contribution is 2.56. The lowest BCUT2D eigenvalue weighted by Gasteiger charge is -2.42. The first kappa shape index (κ1) is 20.1. The number of nitrogen functional groups attached to an aromatic ring is 1. The first-order valence-electron chi connectivity index (χ1n) is 7.95. The number of hydrogen-bond acceptors (Lipinski definition) is 9. The molecular formula is C14H22N5O7P. The Morgan fingerprint density at radius 3 is 2.41 bits per heavy atom. The summed E-state index contributed by atoms with van der Waals surface area (Å²) in [5.74, 6) is 0.124. The zero-order valence-electron chi connectivity index (χ0n) is 15.2. The molecule has 1 aliphatic heterocycles. The molecule has 0 aromatic carbocycles. The second kappa shape index (κ2) is 5.67. The Balaban J connectivity index is 2.14. The lowest BCUT2D eigenvalue weighted by Crippen LogP contribution is -2.63. The summed E-state index contributed by atoms with van der Waals surface area (Å²) < 4.78 is 23.1. The third-order valence-electron chi connectivity index (χ3n) is 5.63. The van der Waals surface area contributed by atoms with Crippen LogP contribution in [0.15, 0.2) is 12.7 Å². The molecule has 0 amide bonds. The van der Waals surface area contributed by atoms with E-state index in [0.717, 1.165) is 0 Å². The quantitative estimate of drug-likeness (QED) is 0.414. The molecule has 1 fully saturated rings. The Labute approximate surface area is 154 Å². The number of anilines is 1. The maximum Gasteiger partial charge on any atom is 0.469 e. The predicted octanol–water partition coefficient (Wildman–Crippen LogP) is -0.519. The predicted molar refractivity (Wildman–Crippen MR) is 92.1 cm³/mol. The molecule has 0 saturated carbocycles. The van der Waals surface area contributed by atoms with Crippen molar-refractivity contribution in [2.24, 2.45) is 0 Å². The van der Waals surface area contributed by atoms with Crippen LogP contribution in [0.25, 0.3) is 11.2 Å². The van der Waals surface area contributed by atoms with Crippen molar-refractivity contribution < 1.29 is 33.8 Å². The number of fused-ring (bicyclic) bond motifs is 1. The molecule has 6 N–H and O–H groups in total. The Bertz CT molecular complexity index is 941. The zero-order chi connectivity index (χ0) is 20.5. The van der Waals surface area contributed by atoms with E-state index < -0.39 is 37.0 Å². The van der Waals surface area contributed by atoms with Crippen LogP contribution in [-0.4, -0.2) is 62.9 Å². The highest BCUT2D eigenvalue weighted by Gasteiger charge is 2.73. The van der Waals surface area contributed by atoms with Gasteiger partial charge in [-0.05, 0) is 27.7 Å². The van der Waals surface area contributed by atoms with Crippen LogP contribution in [0.5, 0.6) is 0 Å². The number of aliphatic hydroxyl groups is 2. The van der Waals surface area contributed by atoms with Crippen LogP contribution >= 0.6 is 7.82 Å². The average Bonchev–Trinajstić information content (AvgIpc) is 3.01. The highest BCUT2D eigenvalue weighted by atomic mass is 31.2. The molecule has 3 heterocycles. The molecule has 27 heavy (non-hydrogen) atoms. The Morgan fingerprint density at radius 2 is 1.81 bits per heavy atom. The van der Waals surface area contributed by atoms with Crippen LogP contribution in [-0.2, 0) is 19.6 Å². The number of imidazole rings is 1. The standard InChI is InChI=1S/C14H22N5O7P/c1-11(5-25-27(22,23)24)12(2,20)13(3,21)14(4,26-11)19-7-18-8-9(15)16-6-17-10(8)19/h6-7,20-21H,5H2,1-4H3,(H2,15,16,17)(H2,22,23,24)/t11?,12?,13?,14-/m1/s1. The number of ether oxygens (including phenoxy) is 1. The monoisotopic (exact) mass is 403 g/mol. The summed E-state index contributed by atoms with van der Waals surface area (Å²) in [5.41, 5.74) is -0.956. The lowest BCUT2D eigenvalue weighted by atomic mass is 9.73. The first-order valence-corrected chi connectivity index (χ1v) is 9.48. The van der Waals surface area contributed by atoms with Gasteiger partial charge in [-0.3, -0.25) is 9.09 Å². The second-order valence-electron chi connectivity index (χ2n) is 7.27. The first-order chi connectivity index (χ1) is 12.2. The van der Waals surface area contributed by atoms with E-state index in [2.05, 4.69) is 19.5 Å². The third-order valence-corrected chi connectivity index (χ3v) is 6.10. The van der Waals surface area contributed by atoms with E-state index in [1.165, 1.54) is 44.9 Å². The zero-order valence-corrected chi connectivity index (χ0v) is 16.1. The second-order valence-corrected chi connectivity index (χ2v) is 8.51. The molecule has 3 rings (SSSR count). The Kier molecular flexibility index (Phi) is 4.22. The molecule has 0 bridgehead atoms. The molecular weight excluding hydrogens is 381 g/mol. The summed E-state index contributed by atoms with van der Waals surface area (Å²) in [6.07, 6.45) is 2.55. The van der Waals surface area contributed by atoms with E-state index in [1.807, 2.05) is 0 Å². The molecule has 2 aromatic rings. The summed E-state index contributed by atoms with van der Waals surface area (Å²) in [6.45, 7) is 4.82. The van der Waals surface area contributed by atoms with Crippen molar-refractivity contribution in [2.75, 3.05) is 12.3 Å². The molecule has 1 aliphatic rings. The minimum Gasteiger partial charge on any atom is -0.384 e. The van der Waals surface area contributed by atoms with Gasteiger partial charge in [-0.2, -0.15) is 0 Å². The molecule has 0 spiro atoms. The number of nitrogens with zero attached hydrogens (tertiary/aromatic N) is 4. The van der Waals surface area contributed by atoms with Crippen molar-refractivity contribution in [3.63, 3.8) is 0 Å². The number of nitrogens with two attached hydrogens (primary N) is 1. The van der Waals surface area contributed by atoms with Gasteiger partial charge in [0.15, 0.2) is 17.2 Å². The van der Waals surface area contributed by atoms with Gasteiger partial charge in [0.2, 0.25) is 0 Å². The fraction of sp³-hybridized carbons (Fsp3) is 0.643. The number of aromatic nitrogens is 4. The maximum atomic E-state index is 11.3. The van der Waals surface area contributed by atoms with Crippen LogP contribution in [0.2, 0.25) is 0 Å². The van der Waals surface area contributed by atoms with Gasteiger partial charge in [0.25, 0.3) is 0 Å². The van der Waals surface area contributed by atoms with Crippen molar-refractivity contribution in [3.05, 3.63) is 12.7 Å². The number of phosphoric ester groups is 1. The summed E-state index contributed by atoms with van der Waals surface area (Å²) >= 11 is 0. The SMILES string of the molecule is CC1(COP(=O)(O)O)O[C@@](C)(n2cnc3c(N)ncnc32)C(C)(O)C1(C)O. The van der Waals surface area contributed by atoms with Gasteiger partial charge in [0, 0.05) is 0 Å². The Hall–Kier alpha value is -1.66. The number of rotatable bonds is 4. The lowest BCUT2D eigenvalue weighted by molar-refractivity contribution is -0.192. The Morgan fingerprint density at radius 1 is 1.19 bits per heavy atom. The van der Waals surface area contributed by atoms with Crippen LogP contribution in [0.4, 0.5) is 5.82 Å². The van der Waals surface area contributed by atoms with Crippen molar-refractivity contribution in [1.82, 2.24) is 19.5 Å². The summed E-state index contributed by atoms with van der Waals surface area (Å²) in [5, 5.41) is 22.4. The van der Waals surface area contributed by atoms with Gasteiger partial charge in [-0.1, -0.05) is 0 Å². The van der Waals surface area contributed by atoms with Crippen LogP contribution in [0.3, 0.4) is 0 Å². The van der Waals surface area contributed by atoms with E-state index >= 15 is 0 Å². The van der Waals surface area contributed by atoms with Gasteiger partial charge in [0.1, 0.15) is 28.6 Å². The van der Waals surface area contributed by atoms with Gasteiger partial charge in [0.05, 0.1) is 12.9 Å². The van der Waals surface area contributed by atoms with E-state index in [-0.39, 0.29) is 17.0 Å². The van der Waals surface area contributed by atoms with Crippen molar-refractivity contribution in [3.8, 4) is 0 Å². The molecule has 3 unspecified atom stereocenters. The van der Waals surface area contributed by atoms with E-state index in [4.69, 9.17) is 20.3 Å². The molecule has 13 heteroatoms. The number of phosphoric acid groups is 1. The topological polar surface area (TPSA) is 186 Å². The minimum atomic E-state index is -4.84. The van der Waals surface area contributed by atoms with Crippen molar-refractivity contribution in [1.29, 1.82) is 0 Å². The molecule has 12 nitrogen and oxygen atoms in total. The summed E-state index contributed by atoms with van der Waals surface area (Å²) in [6, 6.07) is 0. The largest absolute Gasteiger partial charge is 0.469 e. The van der Waals surface area contributed by atoms with Crippen LogP contribution in [0.1, 0.15) is 27.7 Å². The van der Waals surface area contributed by atoms with Crippen LogP contribution in [0, 0.1) is 0 Å². The molecule has 2 aromatic heterocycles. The third kappa shape index (κ3) is 2.68. The summed E-state index contributed by atoms with van der Waals surface area (Å²) in [7, 11) is -4.84. The molecule has 150 valence electrons. The fourth-order valence-electron chi connectivity index (χ4n) is 3.43. The van der Waals surface area contributed by atoms with Gasteiger partial charge in [-0.15, -0.1) is 0 Å². The highest BCUT2D eigenvalue weighted by molar-refractivity contribution is 7.46. The molecule has 1 saturated heterocycles. The fourth-order valence-corrected chi connectivity index (χ4v) is 3.84. The van der Waals surface area contributed by atoms with Gasteiger partial charge >= 0.3 is 7.82 Å². The molecule has 0 radical (unpaired) electrons. The summed E-state index contributed by atoms with van der Waals surface area (Å²) in [4.78, 5) is 30.2. The van der Waals surface area contributed by atoms with Gasteiger partial charge in [-0.25, -0.2) is 19.5 Å². The van der Waals surface area contributed by atoms with Gasteiger partial charge < -0.3 is 30.5 Å². The van der Waals surface area contributed by atoms with Crippen LogP contribution < -0.4 is 5.73 Å². The molecule has 0 aliphatic carbocycles.